The molecule has 2 heterocycles. The molecule has 0 bridgehead atoms. The molecule has 2 N–H and O–H groups in total. The number of aromatic nitrogens is 1. The molecule has 0 atom stereocenters. The van der Waals surface area contributed by atoms with Gasteiger partial charge in [-0.2, -0.15) is 0 Å². The van der Waals surface area contributed by atoms with E-state index in [9.17, 15) is 4.79 Å². The number of pyridine rings is 1. The summed E-state index contributed by atoms with van der Waals surface area (Å²) in [7, 11) is 0. The number of hydrogen-bond donors (Lipinski definition) is 2. The maximum absolute atomic E-state index is 12.0. The zero-order valence-electron chi connectivity index (χ0n) is 15.3. The van der Waals surface area contributed by atoms with Crippen LogP contribution in [0.3, 0.4) is 0 Å². The summed E-state index contributed by atoms with van der Waals surface area (Å²) in [5.41, 5.74) is 1.33. The lowest BCUT2D eigenvalue weighted by atomic mass is 9.95. The molecule has 1 aromatic heterocycles. The van der Waals surface area contributed by atoms with E-state index in [0.29, 0.717) is 18.5 Å². The van der Waals surface area contributed by atoms with E-state index in [-0.39, 0.29) is 5.91 Å². The molecule has 1 saturated carbocycles. The van der Waals surface area contributed by atoms with Crippen LogP contribution in [-0.4, -0.2) is 47.5 Å². The van der Waals surface area contributed by atoms with Crippen LogP contribution >= 0.6 is 0 Å². The summed E-state index contributed by atoms with van der Waals surface area (Å²) in [4.78, 5) is 18.6. The van der Waals surface area contributed by atoms with Gasteiger partial charge in [0.15, 0.2) is 0 Å². The molecule has 0 aromatic carbocycles. The summed E-state index contributed by atoms with van der Waals surface area (Å²) in [5, 5.41) is 6.78. The molecule has 25 heavy (non-hydrogen) atoms. The Morgan fingerprint density at radius 3 is 2.48 bits per heavy atom. The number of carbonyl (C=O) groups is 1. The van der Waals surface area contributed by atoms with Crippen LogP contribution in [0.15, 0.2) is 24.5 Å². The Balaban J connectivity index is 1.27. The first-order chi connectivity index (χ1) is 12.3. The number of nitrogens with one attached hydrogen (secondary N) is 2. The van der Waals surface area contributed by atoms with Crippen molar-refractivity contribution < 1.29 is 4.79 Å². The summed E-state index contributed by atoms with van der Waals surface area (Å²) in [6.45, 7) is 4.05. The second-order valence-electron chi connectivity index (χ2n) is 7.51. The SMILES string of the molecule is O=C(CCNC1CCN(Cc2ccncc2)CC1)NC1CCCCC1. The van der Waals surface area contributed by atoms with Gasteiger partial charge in [0, 0.05) is 44.0 Å². The highest BCUT2D eigenvalue weighted by Crippen LogP contribution is 2.17. The maximum Gasteiger partial charge on any atom is 0.221 e. The van der Waals surface area contributed by atoms with Crippen molar-refractivity contribution >= 4 is 5.91 Å². The Morgan fingerprint density at radius 1 is 1.04 bits per heavy atom. The van der Waals surface area contributed by atoms with Crippen LogP contribution in [-0.2, 0) is 11.3 Å². The van der Waals surface area contributed by atoms with Gasteiger partial charge in [0.05, 0.1) is 0 Å². The third-order valence-corrected chi connectivity index (χ3v) is 5.50. The largest absolute Gasteiger partial charge is 0.353 e. The lowest BCUT2D eigenvalue weighted by Crippen LogP contribution is -2.43. The van der Waals surface area contributed by atoms with E-state index in [2.05, 4.69) is 32.7 Å². The van der Waals surface area contributed by atoms with Crippen LogP contribution < -0.4 is 10.6 Å². The van der Waals surface area contributed by atoms with Crippen LogP contribution in [0.2, 0.25) is 0 Å². The van der Waals surface area contributed by atoms with Crippen LogP contribution in [0.1, 0.15) is 56.9 Å². The highest BCUT2D eigenvalue weighted by molar-refractivity contribution is 5.76. The molecule has 3 rings (SSSR count). The van der Waals surface area contributed by atoms with E-state index >= 15 is 0 Å². The summed E-state index contributed by atoms with van der Waals surface area (Å²) in [6, 6.07) is 5.17. The molecule has 1 aliphatic heterocycles. The van der Waals surface area contributed by atoms with E-state index in [1.807, 2.05) is 12.4 Å². The summed E-state index contributed by atoms with van der Waals surface area (Å²) in [5.74, 6) is 0.217. The average molecular weight is 345 g/mol. The Morgan fingerprint density at radius 2 is 1.76 bits per heavy atom. The van der Waals surface area contributed by atoms with Gasteiger partial charge >= 0.3 is 0 Å². The minimum atomic E-state index is 0.217. The van der Waals surface area contributed by atoms with E-state index in [4.69, 9.17) is 0 Å². The van der Waals surface area contributed by atoms with E-state index in [1.165, 1.54) is 24.8 Å². The van der Waals surface area contributed by atoms with Gasteiger partial charge in [-0.05, 0) is 56.5 Å². The molecule has 5 nitrogen and oxygen atoms in total. The zero-order valence-corrected chi connectivity index (χ0v) is 15.3. The first-order valence-electron chi connectivity index (χ1n) is 9.93. The van der Waals surface area contributed by atoms with Gasteiger partial charge < -0.3 is 10.6 Å². The minimum Gasteiger partial charge on any atom is -0.353 e. The maximum atomic E-state index is 12.0. The second-order valence-corrected chi connectivity index (χ2v) is 7.51. The number of carbonyl (C=O) groups excluding carboxylic acids is 1. The molecule has 0 radical (unpaired) electrons. The quantitative estimate of drug-likeness (QED) is 0.798. The van der Waals surface area contributed by atoms with Gasteiger partial charge in [-0.25, -0.2) is 0 Å². The summed E-state index contributed by atoms with van der Waals surface area (Å²) in [6.07, 6.45) is 12.8. The molecule has 1 aromatic rings. The standard InChI is InChI=1S/C20H32N4O/c25-20(23-19-4-2-1-3-5-19)8-13-22-18-9-14-24(15-10-18)16-17-6-11-21-12-7-17/h6-7,11-12,18-19,22H,1-5,8-10,13-16H2,(H,23,25). The van der Waals surface area contributed by atoms with Gasteiger partial charge in [-0.1, -0.05) is 19.3 Å². The Bertz CT molecular complexity index is 508. The Labute approximate surface area is 151 Å². The Hall–Kier alpha value is -1.46. The van der Waals surface area contributed by atoms with Crippen LogP contribution in [0.5, 0.6) is 0 Å². The molecule has 2 aliphatic rings. The fourth-order valence-electron chi connectivity index (χ4n) is 3.98. The van der Waals surface area contributed by atoms with Gasteiger partial charge in [0.1, 0.15) is 0 Å². The monoisotopic (exact) mass is 344 g/mol. The predicted octanol–water partition coefficient (Wildman–Crippen LogP) is 2.47. The van der Waals surface area contributed by atoms with Crippen molar-refractivity contribution in [1.29, 1.82) is 0 Å². The van der Waals surface area contributed by atoms with Gasteiger partial charge in [0.25, 0.3) is 0 Å². The predicted molar refractivity (Wildman–Crippen MR) is 100 cm³/mol. The van der Waals surface area contributed by atoms with Crippen molar-refractivity contribution in [2.45, 2.75) is 70.0 Å². The van der Waals surface area contributed by atoms with Crippen molar-refractivity contribution in [3.63, 3.8) is 0 Å². The van der Waals surface area contributed by atoms with Gasteiger partial charge in [-0.15, -0.1) is 0 Å². The zero-order chi connectivity index (χ0) is 17.3. The normalized spacial score (nSPS) is 20.5. The number of piperidine rings is 1. The van der Waals surface area contributed by atoms with Gasteiger partial charge in [0.2, 0.25) is 5.91 Å². The van der Waals surface area contributed by atoms with E-state index in [1.54, 1.807) is 0 Å². The Kier molecular flexibility index (Phi) is 7.24. The number of nitrogens with zero attached hydrogens (tertiary/aromatic N) is 2. The molecular weight excluding hydrogens is 312 g/mol. The second kappa shape index (κ2) is 9.88. The third kappa shape index (κ3) is 6.40. The fourth-order valence-corrected chi connectivity index (χ4v) is 3.98. The number of hydrogen-bond acceptors (Lipinski definition) is 4. The van der Waals surface area contributed by atoms with Crippen LogP contribution in [0.4, 0.5) is 0 Å². The van der Waals surface area contributed by atoms with Crippen molar-refractivity contribution in [3.8, 4) is 0 Å². The first-order valence-corrected chi connectivity index (χ1v) is 9.93. The van der Waals surface area contributed by atoms with Crippen LogP contribution in [0, 0.1) is 0 Å². The van der Waals surface area contributed by atoms with Crippen molar-refractivity contribution in [2.24, 2.45) is 0 Å². The molecule has 1 amide bonds. The van der Waals surface area contributed by atoms with Crippen LogP contribution in [0.25, 0.3) is 0 Å². The van der Waals surface area contributed by atoms with Crippen molar-refractivity contribution in [1.82, 2.24) is 20.5 Å². The molecule has 2 fully saturated rings. The fraction of sp³-hybridized carbons (Fsp3) is 0.700. The molecule has 1 saturated heterocycles. The summed E-state index contributed by atoms with van der Waals surface area (Å²) >= 11 is 0. The highest BCUT2D eigenvalue weighted by Gasteiger charge is 2.19. The molecule has 1 aliphatic carbocycles. The molecular formula is C20H32N4O. The molecule has 138 valence electrons. The molecule has 5 heteroatoms. The number of rotatable bonds is 7. The average Bonchev–Trinajstić information content (AvgIpc) is 2.65. The lowest BCUT2D eigenvalue weighted by Gasteiger charge is -2.32. The smallest absolute Gasteiger partial charge is 0.221 e. The van der Waals surface area contributed by atoms with Crippen molar-refractivity contribution in [3.05, 3.63) is 30.1 Å². The summed E-state index contributed by atoms with van der Waals surface area (Å²) < 4.78 is 0. The number of likely N-dealkylation sites (tertiary alicyclic amines) is 1. The third-order valence-electron chi connectivity index (χ3n) is 5.50. The van der Waals surface area contributed by atoms with E-state index < -0.39 is 0 Å². The highest BCUT2D eigenvalue weighted by atomic mass is 16.1. The molecule has 0 spiro atoms. The van der Waals surface area contributed by atoms with E-state index in [0.717, 1.165) is 51.9 Å². The topological polar surface area (TPSA) is 57.3 Å². The molecule has 0 unspecified atom stereocenters. The van der Waals surface area contributed by atoms with Gasteiger partial charge in [-0.3, -0.25) is 14.7 Å². The first kappa shape index (κ1) is 18.3. The van der Waals surface area contributed by atoms with Crippen molar-refractivity contribution in [2.75, 3.05) is 19.6 Å². The number of amides is 1. The lowest BCUT2D eigenvalue weighted by molar-refractivity contribution is -0.121. The minimum absolute atomic E-state index is 0.217.